The molecule has 0 aliphatic rings. The fourth-order valence-electron chi connectivity index (χ4n) is 2.75. The Morgan fingerprint density at radius 1 is 1.04 bits per heavy atom. The summed E-state index contributed by atoms with van der Waals surface area (Å²) in [6.45, 7) is 0.472. The van der Waals surface area contributed by atoms with Crippen molar-refractivity contribution in [2.45, 2.75) is 6.54 Å². The van der Waals surface area contributed by atoms with Crippen molar-refractivity contribution in [3.63, 3.8) is 0 Å². The Bertz CT molecular complexity index is 1110. The van der Waals surface area contributed by atoms with Crippen molar-refractivity contribution >= 4 is 22.6 Å². The zero-order chi connectivity index (χ0) is 19.0. The Morgan fingerprint density at radius 2 is 1.74 bits per heavy atom. The lowest BCUT2D eigenvalue weighted by Gasteiger charge is -2.03. The molecule has 2 heterocycles. The van der Waals surface area contributed by atoms with Crippen molar-refractivity contribution in [1.29, 1.82) is 0 Å². The summed E-state index contributed by atoms with van der Waals surface area (Å²) in [5.41, 5.74) is 1.45. The average molecular weight is 387 g/mol. The number of fused-ring (bicyclic) bond motifs is 1. The van der Waals surface area contributed by atoms with Crippen molar-refractivity contribution in [3.05, 3.63) is 71.0 Å². The Morgan fingerprint density at radius 3 is 2.41 bits per heavy atom. The molecule has 0 bridgehead atoms. The van der Waals surface area contributed by atoms with Crippen LogP contribution >= 0.6 is 11.6 Å². The van der Waals surface area contributed by atoms with Gasteiger partial charge in [0.1, 0.15) is 28.4 Å². The third kappa shape index (κ3) is 3.33. The molecule has 0 fully saturated rings. The lowest BCUT2D eigenvalue weighted by Crippen LogP contribution is -1.99. The lowest BCUT2D eigenvalue weighted by molar-refractivity contribution is 0.414. The molecule has 0 saturated carbocycles. The second-order valence-electron chi connectivity index (χ2n) is 5.84. The molecule has 8 heteroatoms. The summed E-state index contributed by atoms with van der Waals surface area (Å²) in [6, 6.07) is 11.1. The molecular formula is C19H13ClF2N4O. The van der Waals surface area contributed by atoms with Crippen molar-refractivity contribution < 1.29 is 13.5 Å². The van der Waals surface area contributed by atoms with Crippen LogP contribution in [0.25, 0.3) is 22.4 Å². The summed E-state index contributed by atoms with van der Waals surface area (Å²) in [6.07, 6.45) is 1.66. The van der Waals surface area contributed by atoms with Gasteiger partial charge in [-0.15, -0.1) is 0 Å². The van der Waals surface area contributed by atoms with Crippen LogP contribution in [0.5, 0.6) is 5.75 Å². The summed E-state index contributed by atoms with van der Waals surface area (Å²) < 4.78 is 34.8. The highest BCUT2D eigenvalue weighted by molar-refractivity contribution is 6.33. The molecule has 2 aromatic carbocycles. The monoisotopic (exact) mass is 386 g/mol. The first-order valence-electron chi connectivity index (χ1n) is 8.03. The molecule has 0 aliphatic heterocycles. The van der Waals surface area contributed by atoms with Crippen molar-refractivity contribution in [2.75, 3.05) is 7.11 Å². The predicted octanol–water partition coefficient (Wildman–Crippen LogP) is 4.48. The van der Waals surface area contributed by atoms with Crippen molar-refractivity contribution in [1.82, 2.24) is 19.7 Å². The Hall–Kier alpha value is -3.06. The standard InChI is InChI=1S/C19H13ClF2N4O/c1-27-12-7-5-11(6-8-12)9-26-10-15-17(25-26)18(20)24-19(23-15)16-13(21)3-2-4-14(16)22/h2-8,10H,9H2,1H3. The second-order valence-corrected chi connectivity index (χ2v) is 6.20. The number of hydrogen-bond acceptors (Lipinski definition) is 4. The van der Waals surface area contributed by atoms with Gasteiger partial charge in [-0.3, -0.25) is 4.68 Å². The highest BCUT2D eigenvalue weighted by Crippen LogP contribution is 2.27. The van der Waals surface area contributed by atoms with Crippen LogP contribution in [0, 0.1) is 11.6 Å². The first-order valence-corrected chi connectivity index (χ1v) is 8.41. The third-order valence-electron chi connectivity index (χ3n) is 4.06. The summed E-state index contributed by atoms with van der Waals surface area (Å²) in [5, 5.41) is 4.40. The zero-order valence-corrected chi connectivity index (χ0v) is 14.9. The quantitative estimate of drug-likeness (QED) is 0.485. The number of ether oxygens (including phenoxy) is 1. The van der Waals surface area contributed by atoms with Gasteiger partial charge >= 0.3 is 0 Å². The van der Waals surface area contributed by atoms with Gasteiger partial charge < -0.3 is 4.74 Å². The van der Waals surface area contributed by atoms with E-state index in [1.165, 1.54) is 6.07 Å². The average Bonchev–Trinajstić information content (AvgIpc) is 3.05. The number of benzene rings is 2. The predicted molar refractivity (Wildman–Crippen MR) is 97.8 cm³/mol. The number of methoxy groups -OCH3 is 1. The number of aromatic nitrogens is 4. The molecule has 0 saturated heterocycles. The van der Waals surface area contributed by atoms with Gasteiger partial charge in [-0.1, -0.05) is 29.8 Å². The molecule has 0 radical (unpaired) electrons. The van der Waals surface area contributed by atoms with E-state index < -0.39 is 11.6 Å². The van der Waals surface area contributed by atoms with Gasteiger partial charge in [-0.2, -0.15) is 5.10 Å². The summed E-state index contributed by atoms with van der Waals surface area (Å²) in [5.74, 6) is -0.867. The fourth-order valence-corrected chi connectivity index (χ4v) is 2.96. The summed E-state index contributed by atoms with van der Waals surface area (Å²) in [7, 11) is 1.60. The van der Waals surface area contributed by atoms with Crippen LogP contribution in [0.15, 0.2) is 48.7 Å². The van der Waals surface area contributed by atoms with Gasteiger partial charge in [0.25, 0.3) is 0 Å². The van der Waals surface area contributed by atoms with Crippen LogP contribution in [0.1, 0.15) is 5.56 Å². The number of hydrogen-bond donors (Lipinski definition) is 0. The van der Waals surface area contributed by atoms with Gasteiger partial charge in [0.05, 0.1) is 25.4 Å². The third-order valence-corrected chi connectivity index (χ3v) is 4.32. The van der Waals surface area contributed by atoms with E-state index in [1.54, 1.807) is 18.0 Å². The van der Waals surface area contributed by atoms with Crippen LogP contribution in [0.4, 0.5) is 8.78 Å². The molecule has 4 aromatic rings. The van der Waals surface area contributed by atoms with E-state index >= 15 is 0 Å². The topological polar surface area (TPSA) is 52.8 Å². The van der Waals surface area contributed by atoms with Gasteiger partial charge in [-0.05, 0) is 29.8 Å². The van der Waals surface area contributed by atoms with E-state index in [-0.39, 0.29) is 16.5 Å². The highest BCUT2D eigenvalue weighted by Gasteiger charge is 2.18. The fraction of sp³-hybridized carbons (Fsp3) is 0.105. The second kappa shape index (κ2) is 6.92. The van der Waals surface area contributed by atoms with Gasteiger partial charge in [0.15, 0.2) is 11.0 Å². The number of nitrogens with zero attached hydrogens (tertiary/aromatic N) is 4. The molecule has 0 N–H and O–H groups in total. The molecular weight excluding hydrogens is 374 g/mol. The van der Waals surface area contributed by atoms with E-state index in [0.717, 1.165) is 23.4 Å². The minimum Gasteiger partial charge on any atom is -0.497 e. The first-order chi connectivity index (χ1) is 13.0. The number of rotatable bonds is 4. The van der Waals surface area contributed by atoms with E-state index in [2.05, 4.69) is 15.1 Å². The van der Waals surface area contributed by atoms with Gasteiger partial charge in [0.2, 0.25) is 0 Å². The first kappa shape index (κ1) is 17.4. The SMILES string of the molecule is COc1ccc(Cn2cc3nc(-c4c(F)cccc4F)nc(Cl)c3n2)cc1. The van der Waals surface area contributed by atoms with Crippen LogP contribution in [0.2, 0.25) is 5.15 Å². The molecule has 0 spiro atoms. The Kier molecular flexibility index (Phi) is 4.45. The summed E-state index contributed by atoms with van der Waals surface area (Å²) in [4.78, 5) is 8.26. The molecule has 27 heavy (non-hydrogen) atoms. The Labute approximate surface area is 158 Å². The van der Waals surface area contributed by atoms with Crippen LogP contribution < -0.4 is 4.74 Å². The van der Waals surface area contributed by atoms with E-state index in [0.29, 0.717) is 17.6 Å². The molecule has 4 rings (SSSR count). The minimum atomic E-state index is -0.754. The molecule has 2 aromatic heterocycles. The van der Waals surface area contributed by atoms with E-state index in [9.17, 15) is 8.78 Å². The normalized spacial score (nSPS) is 11.1. The molecule has 0 amide bonds. The largest absolute Gasteiger partial charge is 0.497 e. The van der Waals surface area contributed by atoms with Crippen LogP contribution in [-0.4, -0.2) is 26.9 Å². The van der Waals surface area contributed by atoms with Gasteiger partial charge in [-0.25, -0.2) is 18.7 Å². The minimum absolute atomic E-state index is 0.0335. The zero-order valence-electron chi connectivity index (χ0n) is 14.2. The van der Waals surface area contributed by atoms with Crippen LogP contribution in [0.3, 0.4) is 0 Å². The molecule has 5 nitrogen and oxygen atoms in total. The van der Waals surface area contributed by atoms with Crippen LogP contribution in [-0.2, 0) is 6.54 Å². The molecule has 0 atom stereocenters. The van der Waals surface area contributed by atoms with Crippen molar-refractivity contribution in [3.8, 4) is 17.1 Å². The maximum atomic E-state index is 14.0. The van der Waals surface area contributed by atoms with E-state index in [4.69, 9.17) is 16.3 Å². The highest BCUT2D eigenvalue weighted by atomic mass is 35.5. The molecule has 136 valence electrons. The van der Waals surface area contributed by atoms with E-state index in [1.807, 2.05) is 24.3 Å². The van der Waals surface area contributed by atoms with Crippen molar-refractivity contribution in [2.24, 2.45) is 0 Å². The lowest BCUT2D eigenvalue weighted by atomic mass is 10.2. The molecule has 0 aliphatic carbocycles. The maximum Gasteiger partial charge on any atom is 0.167 e. The number of halogens is 3. The summed E-state index contributed by atoms with van der Waals surface area (Å²) >= 11 is 6.18. The smallest absolute Gasteiger partial charge is 0.167 e. The Balaban J connectivity index is 1.73. The maximum absolute atomic E-state index is 14.0. The molecule has 0 unspecified atom stereocenters. The van der Waals surface area contributed by atoms with Gasteiger partial charge in [0, 0.05) is 0 Å².